The third-order valence-electron chi connectivity index (χ3n) is 3.00. The Labute approximate surface area is 133 Å². The summed E-state index contributed by atoms with van der Waals surface area (Å²) in [5.41, 5.74) is 8.28. The smallest absolute Gasteiger partial charge is 0.0857 e. The van der Waals surface area contributed by atoms with Gasteiger partial charge in [-0.05, 0) is 35.6 Å². The van der Waals surface area contributed by atoms with Crippen molar-refractivity contribution in [2.75, 3.05) is 0 Å². The number of benzene rings is 1. The van der Waals surface area contributed by atoms with Crippen molar-refractivity contribution in [3.05, 3.63) is 44.4 Å². The molecular weight excluding hydrogens is 313 g/mol. The van der Waals surface area contributed by atoms with Gasteiger partial charge < -0.3 is 5.73 Å². The Bertz CT molecular complexity index is 605. The lowest BCUT2D eigenvalue weighted by Gasteiger charge is -2.19. The largest absolute Gasteiger partial charge is 0.323 e. The molecule has 1 aromatic heterocycles. The van der Waals surface area contributed by atoms with Gasteiger partial charge in [-0.2, -0.15) is 0 Å². The third kappa shape index (κ3) is 3.50. The zero-order chi connectivity index (χ0) is 14.9. The van der Waals surface area contributed by atoms with Gasteiger partial charge in [0.1, 0.15) is 0 Å². The molecule has 0 saturated heterocycles. The minimum atomic E-state index is -0.138. The lowest BCUT2D eigenvalue weighted by molar-refractivity contribution is 0.550. The number of aromatic nitrogens is 2. The molecule has 1 unspecified atom stereocenters. The fourth-order valence-corrected chi connectivity index (χ4v) is 3.16. The van der Waals surface area contributed by atoms with Crippen molar-refractivity contribution in [3.63, 3.8) is 0 Å². The summed E-state index contributed by atoms with van der Waals surface area (Å²) in [6.07, 6.45) is 0.684. The Morgan fingerprint density at radius 1 is 1.25 bits per heavy atom. The van der Waals surface area contributed by atoms with Gasteiger partial charge in [-0.1, -0.05) is 54.5 Å². The van der Waals surface area contributed by atoms with Crippen LogP contribution in [-0.4, -0.2) is 9.59 Å². The van der Waals surface area contributed by atoms with Gasteiger partial charge in [0.2, 0.25) is 0 Å². The van der Waals surface area contributed by atoms with E-state index in [1.54, 1.807) is 6.07 Å². The first-order valence-corrected chi connectivity index (χ1v) is 7.84. The Morgan fingerprint density at radius 3 is 2.55 bits per heavy atom. The van der Waals surface area contributed by atoms with Crippen LogP contribution in [0.5, 0.6) is 0 Å². The molecule has 3 nitrogen and oxygen atoms in total. The molecule has 0 radical (unpaired) electrons. The highest BCUT2D eigenvalue weighted by atomic mass is 35.5. The highest BCUT2D eigenvalue weighted by Crippen LogP contribution is 2.31. The number of halogens is 2. The molecule has 2 N–H and O–H groups in total. The highest BCUT2D eigenvalue weighted by molar-refractivity contribution is 7.05. The van der Waals surface area contributed by atoms with Crippen molar-refractivity contribution in [2.24, 2.45) is 5.73 Å². The number of hydrogen-bond donors (Lipinski definition) is 1. The minimum absolute atomic E-state index is 0.0579. The van der Waals surface area contributed by atoms with Crippen molar-refractivity contribution in [2.45, 2.75) is 38.6 Å². The average Bonchev–Trinajstić information content (AvgIpc) is 2.83. The summed E-state index contributed by atoms with van der Waals surface area (Å²) in [6, 6.07) is 5.46. The number of hydrogen-bond acceptors (Lipinski definition) is 4. The molecule has 0 amide bonds. The Morgan fingerprint density at radius 2 is 1.95 bits per heavy atom. The van der Waals surface area contributed by atoms with Gasteiger partial charge in [0.15, 0.2) is 0 Å². The van der Waals surface area contributed by atoms with E-state index >= 15 is 0 Å². The van der Waals surface area contributed by atoms with Gasteiger partial charge in [0.25, 0.3) is 0 Å². The van der Waals surface area contributed by atoms with E-state index in [4.69, 9.17) is 28.9 Å². The van der Waals surface area contributed by atoms with Gasteiger partial charge in [-0.3, -0.25) is 0 Å². The first-order valence-electron chi connectivity index (χ1n) is 6.31. The molecule has 1 atom stereocenters. The van der Waals surface area contributed by atoms with Crippen LogP contribution in [0.25, 0.3) is 0 Å². The fraction of sp³-hybridized carbons (Fsp3) is 0.429. The molecule has 0 aliphatic rings. The molecule has 6 heteroatoms. The zero-order valence-corrected chi connectivity index (χ0v) is 14.0. The van der Waals surface area contributed by atoms with Crippen LogP contribution in [0.1, 0.15) is 42.9 Å². The van der Waals surface area contributed by atoms with Crippen LogP contribution < -0.4 is 5.73 Å². The van der Waals surface area contributed by atoms with E-state index in [0.29, 0.717) is 16.5 Å². The summed E-state index contributed by atoms with van der Waals surface area (Å²) < 4.78 is 4.05. The van der Waals surface area contributed by atoms with Crippen LogP contribution in [0.4, 0.5) is 0 Å². The van der Waals surface area contributed by atoms with Gasteiger partial charge in [-0.15, -0.1) is 5.10 Å². The number of nitrogens with two attached hydrogens (primary N) is 1. The van der Waals surface area contributed by atoms with Crippen molar-refractivity contribution >= 4 is 34.7 Å². The maximum Gasteiger partial charge on any atom is 0.0857 e. The van der Waals surface area contributed by atoms with Crippen LogP contribution in [-0.2, 0) is 11.8 Å². The van der Waals surface area contributed by atoms with Crippen molar-refractivity contribution in [1.29, 1.82) is 0 Å². The minimum Gasteiger partial charge on any atom is -0.323 e. The highest BCUT2D eigenvalue weighted by Gasteiger charge is 2.25. The van der Waals surface area contributed by atoms with Crippen molar-refractivity contribution in [1.82, 2.24) is 9.59 Å². The molecule has 2 aromatic rings. The summed E-state index contributed by atoms with van der Waals surface area (Å²) in [5.74, 6) is 0. The number of rotatable bonds is 3. The summed E-state index contributed by atoms with van der Waals surface area (Å²) in [4.78, 5) is 1.03. The Balaban J connectivity index is 2.22. The molecule has 108 valence electrons. The van der Waals surface area contributed by atoms with Crippen LogP contribution in [0.2, 0.25) is 10.0 Å². The molecular formula is C14H17Cl2N3S. The first kappa shape index (κ1) is 15.7. The van der Waals surface area contributed by atoms with Crippen molar-refractivity contribution < 1.29 is 0 Å². The van der Waals surface area contributed by atoms with E-state index < -0.39 is 0 Å². The zero-order valence-electron chi connectivity index (χ0n) is 11.7. The fourth-order valence-electron chi connectivity index (χ4n) is 1.97. The lowest BCUT2D eigenvalue weighted by atomic mass is 9.89. The molecule has 1 heterocycles. The quantitative estimate of drug-likeness (QED) is 0.908. The average molecular weight is 330 g/mol. The second-order valence-corrected chi connectivity index (χ2v) is 7.39. The molecule has 0 fully saturated rings. The Kier molecular flexibility index (Phi) is 4.69. The molecule has 2 rings (SSSR count). The normalized spacial score (nSPS) is 13.5. The predicted octanol–water partition coefficient (Wildman–Crippen LogP) is 4.38. The lowest BCUT2D eigenvalue weighted by Crippen LogP contribution is -2.20. The molecule has 20 heavy (non-hydrogen) atoms. The molecule has 1 aromatic carbocycles. The Hall–Kier alpha value is -0.680. The molecule has 0 aliphatic heterocycles. The van der Waals surface area contributed by atoms with Crippen LogP contribution >= 0.6 is 34.7 Å². The van der Waals surface area contributed by atoms with Crippen molar-refractivity contribution in [3.8, 4) is 0 Å². The monoisotopic (exact) mass is 329 g/mol. The molecule has 0 bridgehead atoms. The van der Waals surface area contributed by atoms with E-state index in [9.17, 15) is 0 Å². The summed E-state index contributed by atoms with van der Waals surface area (Å²) in [6.45, 7) is 6.33. The topological polar surface area (TPSA) is 51.8 Å². The van der Waals surface area contributed by atoms with Gasteiger partial charge >= 0.3 is 0 Å². The van der Waals surface area contributed by atoms with Crippen LogP contribution in [0.15, 0.2) is 18.2 Å². The first-order chi connectivity index (χ1) is 9.29. The maximum absolute atomic E-state index is 6.31. The van der Waals surface area contributed by atoms with Gasteiger partial charge in [-0.25, -0.2) is 0 Å². The van der Waals surface area contributed by atoms with Gasteiger partial charge in [0.05, 0.1) is 20.6 Å². The molecule has 0 aliphatic carbocycles. The van der Waals surface area contributed by atoms with E-state index in [1.807, 2.05) is 12.1 Å². The van der Waals surface area contributed by atoms with E-state index in [2.05, 4.69) is 30.4 Å². The van der Waals surface area contributed by atoms with E-state index in [0.717, 1.165) is 16.1 Å². The van der Waals surface area contributed by atoms with E-state index in [-0.39, 0.29) is 11.5 Å². The summed E-state index contributed by atoms with van der Waals surface area (Å²) in [7, 11) is 0. The molecule has 0 spiro atoms. The van der Waals surface area contributed by atoms with Crippen LogP contribution in [0, 0.1) is 0 Å². The summed E-state index contributed by atoms with van der Waals surface area (Å²) >= 11 is 13.3. The third-order valence-corrected chi connectivity index (χ3v) is 4.60. The predicted molar refractivity (Wildman–Crippen MR) is 85.7 cm³/mol. The second-order valence-electron chi connectivity index (χ2n) is 5.79. The SMILES string of the molecule is CC(C)(C)c1nnsc1C(N)Cc1ccc(Cl)c(Cl)c1. The molecule has 0 saturated carbocycles. The summed E-state index contributed by atoms with van der Waals surface area (Å²) in [5, 5.41) is 5.33. The maximum atomic E-state index is 6.31. The number of nitrogens with zero attached hydrogens (tertiary/aromatic N) is 2. The standard InChI is InChI=1S/C14H17Cl2N3S/c1-14(2,3)13-12(20-19-18-13)11(17)7-8-4-5-9(15)10(16)6-8/h4-6,11H,7,17H2,1-3H3. The van der Waals surface area contributed by atoms with E-state index in [1.165, 1.54) is 11.5 Å². The van der Waals surface area contributed by atoms with Crippen LogP contribution in [0.3, 0.4) is 0 Å². The second kappa shape index (κ2) is 5.98. The van der Waals surface area contributed by atoms with Gasteiger partial charge in [0, 0.05) is 11.5 Å².